The van der Waals surface area contributed by atoms with Crippen LogP contribution in [0.2, 0.25) is 5.02 Å². The number of carbonyl (C=O) groups is 2. The summed E-state index contributed by atoms with van der Waals surface area (Å²) in [5.41, 5.74) is 1.60. The number of nitriles is 1. The molecule has 1 aliphatic rings. The smallest absolute Gasteiger partial charge is 0.341 e. The number of hydrogen-bond donors (Lipinski definition) is 1. The largest absolute Gasteiger partial charge is 0.462 e. The third kappa shape index (κ3) is 5.16. The summed E-state index contributed by atoms with van der Waals surface area (Å²) in [6.45, 7) is 4.02. The molecule has 0 unspecified atom stereocenters. The molecule has 36 heavy (non-hydrogen) atoms. The van der Waals surface area contributed by atoms with E-state index in [9.17, 15) is 19.6 Å². The van der Waals surface area contributed by atoms with Gasteiger partial charge in [0.2, 0.25) is 0 Å². The molecule has 0 radical (unpaired) electrons. The topological polar surface area (TPSA) is 101 Å². The van der Waals surface area contributed by atoms with Crippen LogP contribution in [-0.4, -0.2) is 23.1 Å². The van der Waals surface area contributed by atoms with E-state index in [1.165, 1.54) is 15.9 Å². The second kappa shape index (κ2) is 11.2. The summed E-state index contributed by atoms with van der Waals surface area (Å²) in [7, 11) is 0. The minimum Gasteiger partial charge on any atom is -0.462 e. The zero-order valence-electron chi connectivity index (χ0n) is 19.9. The number of esters is 1. The monoisotopic (exact) mass is 541 g/mol. The lowest BCUT2D eigenvalue weighted by atomic mass is 9.95. The maximum atomic E-state index is 13.3. The molecule has 4 rings (SSSR count). The van der Waals surface area contributed by atoms with Crippen LogP contribution in [0.15, 0.2) is 29.1 Å². The Balaban J connectivity index is 1.80. The Morgan fingerprint density at radius 1 is 1.19 bits per heavy atom. The third-order valence-corrected chi connectivity index (χ3v) is 8.41. The van der Waals surface area contributed by atoms with Crippen molar-refractivity contribution in [1.29, 1.82) is 5.26 Å². The first-order valence-electron chi connectivity index (χ1n) is 11.6. The van der Waals surface area contributed by atoms with Crippen molar-refractivity contribution < 1.29 is 14.3 Å². The number of carbonyl (C=O) groups excluding carboxylic acids is 2. The normalized spacial score (nSPS) is 14.1. The number of hydrogen-bond acceptors (Lipinski definition) is 7. The molecule has 0 fully saturated rings. The fourth-order valence-corrected chi connectivity index (χ4v) is 6.70. The molecule has 10 heteroatoms. The van der Waals surface area contributed by atoms with E-state index in [4.69, 9.17) is 16.3 Å². The molecule has 0 atom stereocenters. The summed E-state index contributed by atoms with van der Waals surface area (Å²) in [4.78, 5) is 40.2. The first-order chi connectivity index (χ1) is 17.4. The molecule has 0 aliphatic heterocycles. The number of nitrogens with one attached hydrogen (secondary N) is 1. The Morgan fingerprint density at radius 3 is 2.58 bits per heavy atom. The number of ether oxygens (including phenoxy) is 1. The molecule has 7 nitrogen and oxygen atoms in total. The van der Waals surface area contributed by atoms with E-state index in [1.54, 1.807) is 44.2 Å². The molecule has 0 saturated heterocycles. The first-order valence-corrected chi connectivity index (χ1v) is 13.6. The van der Waals surface area contributed by atoms with Crippen LogP contribution >= 0.6 is 34.3 Å². The second-order valence-electron chi connectivity index (χ2n) is 8.09. The molecule has 1 aromatic carbocycles. The summed E-state index contributed by atoms with van der Waals surface area (Å²) in [6.07, 6.45) is 5.27. The Bertz CT molecular complexity index is 1540. The Kier molecular flexibility index (Phi) is 8.09. The van der Waals surface area contributed by atoms with Crippen LogP contribution in [0.5, 0.6) is 0 Å². The highest BCUT2D eigenvalue weighted by molar-refractivity contribution is 7.17. The Labute approximate surface area is 220 Å². The van der Waals surface area contributed by atoms with E-state index >= 15 is 0 Å². The number of benzene rings is 1. The number of fused-ring (bicyclic) bond motifs is 1. The van der Waals surface area contributed by atoms with Gasteiger partial charge in [0.1, 0.15) is 15.7 Å². The average molecular weight is 542 g/mol. The molecule has 2 aromatic heterocycles. The van der Waals surface area contributed by atoms with Gasteiger partial charge in [0.25, 0.3) is 11.5 Å². The summed E-state index contributed by atoms with van der Waals surface area (Å²) in [5, 5.41) is 13.7. The predicted molar refractivity (Wildman–Crippen MR) is 143 cm³/mol. The summed E-state index contributed by atoms with van der Waals surface area (Å²) in [5.74, 6) is -1.14. The van der Waals surface area contributed by atoms with Gasteiger partial charge in [-0.3, -0.25) is 14.2 Å². The lowest BCUT2D eigenvalue weighted by Crippen LogP contribution is -2.33. The minimum atomic E-state index is -0.664. The maximum absolute atomic E-state index is 13.3. The predicted octanol–water partition coefficient (Wildman–Crippen LogP) is 3.84. The number of aryl methyl sites for hydroxylation is 1. The second-order valence-corrected chi connectivity index (χ2v) is 10.7. The molecule has 0 saturated carbocycles. The van der Waals surface area contributed by atoms with Crippen LogP contribution in [0, 0.1) is 11.3 Å². The fourth-order valence-electron chi connectivity index (χ4n) is 4.14. The Morgan fingerprint density at radius 2 is 1.92 bits per heavy atom. The van der Waals surface area contributed by atoms with E-state index in [1.807, 2.05) is 6.07 Å². The van der Waals surface area contributed by atoms with Crippen LogP contribution in [0.1, 0.15) is 53.1 Å². The van der Waals surface area contributed by atoms with Gasteiger partial charge in [-0.1, -0.05) is 23.7 Å². The number of rotatable bonds is 6. The molecule has 1 aliphatic carbocycles. The molecule has 186 valence electrons. The number of amides is 1. The zero-order valence-corrected chi connectivity index (χ0v) is 22.2. The lowest BCUT2D eigenvalue weighted by Gasteiger charge is -2.12. The van der Waals surface area contributed by atoms with Gasteiger partial charge >= 0.3 is 5.97 Å². The van der Waals surface area contributed by atoms with Crippen LogP contribution < -0.4 is 20.1 Å². The highest BCUT2D eigenvalue weighted by Crippen LogP contribution is 2.38. The number of nitrogens with zero attached hydrogens (tertiary/aromatic N) is 2. The van der Waals surface area contributed by atoms with E-state index in [2.05, 4.69) is 5.32 Å². The van der Waals surface area contributed by atoms with E-state index in [0.29, 0.717) is 26.7 Å². The number of aromatic nitrogens is 1. The first kappa shape index (κ1) is 25.9. The molecular weight excluding hydrogens is 518 g/mol. The van der Waals surface area contributed by atoms with Crippen LogP contribution in [0.4, 0.5) is 5.00 Å². The van der Waals surface area contributed by atoms with Crippen LogP contribution in [0.25, 0.3) is 11.6 Å². The minimum absolute atomic E-state index is 0.184. The van der Waals surface area contributed by atoms with Crippen molar-refractivity contribution in [3.63, 3.8) is 0 Å². The molecule has 2 heterocycles. The van der Waals surface area contributed by atoms with E-state index in [0.717, 1.165) is 53.0 Å². The standard InChI is InChI=1S/C26H24ClN3O4S2/c1-3-30-24(32)20(13-15-9-11-16(27)12-10-15)36-25(30)18(14-28)22(31)29-23-21(26(33)34-4-2)17-7-5-6-8-19(17)35-23/h9-13H,3-8H2,1-2H3,(H,29,31)/b20-13-,25-18+. The van der Waals surface area contributed by atoms with Gasteiger partial charge in [0.05, 0.1) is 16.7 Å². The molecular formula is C26H24ClN3O4S2. The number of thiophene rings is 1. The molecule has 1 N–H and O–H groups in total. The van der Waals surface area contributed by atoms with Crippen molar-refractivity contribution in [2.45, 2.75) is 46.1 Å². The quantitative estimate of drug-likeness (QED) is 0.478. The molecule has 0 spiro atoms. The fraction of sp³-hybridized carbons (Fsp3) is 0.308. The average Bonchev–Trinajstić information content (AvgIpc) is 3.37. The number of anilines is 1. The van der Waals surface area contributed by atoms with Crippen molar-refractivity contribution in [3.8, 4) is 6.07 Å². The van der Waals surface area contributed by atoms with Gasteiger partial charge in [0, 0.05) is 16.4 Å². The van der Waals surface area contributed by atoms with Crippen molar-refractivity contribution in [2.24, 2.45) is 0 Å². The van der Waals surface area contributed by atoms with Crippen molar-refractivity contribution in [1.82, 2.24) is 4.57 Å². The van der Waals surface area contributed by atoms with Gasteiger partial charge in [-0.15, -0.1) is 22.7 Å². The van der Waals surface area contributed by atoms with Gasteiger partial charge in [0.15, 0.2) is 5.57 Å². The Hall–Kier alpha value is -3.19. The number of halogens is 1. The molecule has 1 amide bonds. The summed E-state index contributed by atoms with van der Waals surface area (Å²) in [6, 6.07) is 8.99. The van der Waals surface area contributed by atoms with E-state index in [-0.39, 0.29) is 22.4 Å². The van der Waals surface area contributed by atoms with Gasteiger partial charge in [-0.05, 0) is 68.9 Å². The highest BCUT2D eigenvalue weighted by atomic mass is 35.5. The van der Waals surface area contributed by atoms with Crippen molar-refractivity contribution in [3.05, 3.63) is 70.4 Å². The number of thiazole rings is 1. The molecule has 0 bridgehead atoms. The summed E-state index contributed by atoms with van der Waals surface area (Å²) < 4.78 is 7.33. The lowest BCUT2D eigenvalue weighted by molar-refractivity contribution is -0.111. The SMILES string of the molecule is CCOC(=O)c1c(NC(=O)/C(C#N)=c2/s/c(=C\c3ccc(Cl)cc3)c(=O)n2CC)sc2c1CCCC2. The van der Waals surface area contributed by atoms with Crippen molar-refractivity contribution >= 4 is 62.8 Å². The summed E-state index contributed by atoms with van der Waals surface area (Å²) >= 11 is 8.38. The van der Waals surface area contributed by atoms with Crippen molar-refractivity contribution in [2.75, 3.05) is 11.9 Å². The zero-order chi connectivity index (χ0) is 25.8. The van der Waals surface area contributed by atoms with Gasteiger partial charge < -0.3 is 10.1 Å². The maximum Gasteiger partial charge on any atom is 0.341 e. The highest BCUT2D eigenvalue weighted by Gasteiger charge is 2.28. The van der Waals surface area contributed by atoms with Crippen LogP contribution in [-0.2, 0) is 28.9 Å². The van der Waals surface area contributed by atoms with Crippen LogP contribution in [0.3, 0.4) is 0 Å². The third-order valence-electron chi connectivity index (χ3n) is 5.82. The van der Waals surface area contributed by atoms with Gasteiger partial charge in [-0.25, -0.2) is 4.79 Å². The van der Waals surface area contributed by atoms with Gasteiger partial charge in [-0.2, -0.15) is 5.26 Å². The molecule has 3 aromatic rings. The van der Waals surface area contributed by atoms with E-state index < -0.39 is 11.9 Å².